The molecule has 0 fully saturated rings. The molecule has 0 saturated heterocycles. The Morgan fingerprint density at radius 3 is 2.90 bits per heavy atom. The fourth-order valence-corrected chi connectivity index (χ4v) is 4.44. The Balaban J connectivity index is 1.82. The van der Waals surface area contributed by atoms with Gasteiger partial charge in [0.25, 0.3) is 0 Å². The van der Waals surface area contributed by atoms with Crippen LogP contribution in [0, 0.1) is 6.92 Å². The maximum atomic E-state index is 4.46. The number of fused-ring (bicyclic) bond motifs is 1. The molecule has 0 amide bonds. The van der Waals surface area contributed by atoms with Crippen LogP contribution in [0.2, 0.25) is 0 Å². The fraction of sp³-hybridized carbons (Fsp3) is 0.562. The summed E-state index contributed by atoms with van der Waals surface area (Å²) >= 11 is 2.01. The topological polar surface area (TPSA) is 29.9 Å². The first kappa shape index (κ1) is 13.8. The first-order chi connectivity index (χ1) is 9.67. The Morgan fingerprint density at radius 2 is 2.25 bits per heavy atom. The number of nitrogens with zero attached hydrogens (tertiary/aromatic N) is 2. The minimum absolute atomic E-state index is 0.422. The Bertz CT molecular complexity index is 575. The summed E-state index contributed by atoms with van der Waals surface area (Å²) < 4.78 is 2.01. The molecule has 108 valence electrons. The summed E-state index contributed by atoms with van der Waals surface area (Å²) in [4.78, 5) is 3.11. The third-order valence-corrected chi connectivity index (χ3v) is 5.42. The van der Waals surface area contributed by atoms with Crippen LogP contribution in [0.5, 0.6) is 0 Å². The first-order valence-electron chi connectivity index (χ1n) is 7.51. The predicted molar refractivity (Wildman–Crippen MR) is 84.4 cm³/mol. The molecule has 1 aliphatic rings. The molecule has 0 aliphatic heterocycles. The first-order valence-corrected chi connectivity index (χ1v) is 8.33. The number of likely N-dealkylation sites (N-methyl/N-ethyl adjacent to an activating group) is 1. The SMILES string of the molecule is CCNC(Cc1cc(C)nn1C)c1cc2c(s1)CCC2. The highest BCUT2D eigenvalue weighted by Gasteiger charge is 2.21. The average Bonchev–Trinajstić information content (AvgIpc) is 3.03. The Labute approximate surface area is 125 Å². The molecule has 0 spiro atoms. The third kappa shape index (κ3) is 2.67. The van der Waals surface area contributed by atoms with Crippen molar-refractivity contribution in [2.24, 2.45) is 7.05 Å². The second-order valence-electron chi connectivity index (χ2n) is 5.67. The van der Waals surface area contributed by atoms with Crippen LogP contribution in [-0.4, -0.2) is 16.3 Å². The summed E-state index contributed by atoms with van der Waals surface area (Å²) in [7, 11) is 2.04. The van der Waals surface area contributed by atoms with Gasteiger partial charge in [0, 0.05) is 35.0 Å². The summed E-state index contributed by atoms with van der Waals surface area (Å²) in [5.41, 5.74) is 4.00. The van der Waals surface area contributed by atoms with Crippen LogP contribution in [0.1, 0.15) is 46.1 Å². The summed E-state index contributed by atoms with van der Waals surface area (Å²) in [6.45, 7) is 5.25. The van der Waals surface area contributed by atoms with Gasteiger partial charge in [-0.3, -0.25) is 4.68 Å². The van der Waals surface area contributed by atoms with E-state index >= 15 is 0 Å². The Kier molecular flexibility index (Phi) is 3.94. The largest absolute Gasteiger partial charge is 0.309 e. The minimum Gasteiger partial charge on any atom is -0.309 e. The van der Waals surface area contributed by atoms with Gasteiger partial charge in [0.2, 0.25) is 0 Å². The van der Waals surface area contributed by atoms with Crippen LogP contribution in [0.15, 0.2) is 12.1 Å². The van der Waals surface area contributed by atoms with Crippen molar-refractivity contribution < 1.29 is 0 Å². The zero-order valence-electron chi connectivity index (χ0n) is 12.6. The molecule has 0 radical (unpaired) electrons. The lowest BCUT2D eigenvalue weighted by atomic mass is 10.1. The van der Waals surface area contributed by atoms with Crippen LogP contribution in [0.3, 0.4) is 0 Å². The standard InChI is InChI=1S/C16H23N3S/c1-4-17-14(10-13-8-11(2)18-19(13)3)16-9-12-6-5-7-15(12)20-16/h8-9,14,17H,4-7,10H2,1-3H3. The second-order valence-corrected chi connectivity index (χ2v) is 6.83. The summed E-state index contributed by atoms with van der Waals surface area (Å²) in [5.74, 6) is 0. The molecule has 2 aromatic rings. The van der Waals surface area contributed by atoms with Gasteiger partial charge in [0.15, 0.2) is 0 Å². The van der Waals surface area contributed by atoms with E-state index in [4.69, 9.17) is 0 Å². The van der Waals surface area contributed by atoms with E-state index < -0.39 is 0 Å². The Hall–Kier alpha value is -1.13. The second kappa shape index (κ2) is 5.70. The Morgan fingerprint density at radius 1 is 1.40 bits per heavy atom. The maximum absolute atomic E-state index is 4.46. The summed E-state index contributed by atoms with van der Waals surface area (Å²) in [5, 5.41) is 8.10. The molecule has 1 aliphatic carbocycles. The lowest BCUT2D eigenvalue weighted by molar-refractivity contribution is 0.535. The van der Waals surface area contributed by atoms with Crippen LogP contribution < -0.4 is 5.32 Å². The minimum atomic E-state index is 0.422. The van der Waals surface area contributed by atoms with Gasteiger partial charge in [0.1, 0.15) is 0 Å². The quantitative estimate of drug-likeness (QED) is 0.916. The normalized spacial score (nSPS) is 15.6. The van der Waals surface area contributed by atoms with Crippen molar-refractivity contribution in [3.8, 4) is 0 Å². The molecular formula is C16H23N3S. The average molecular weight is 289 g/mol. The van der Waals surface area contributed by atoms with Crippen molar-refractivity contribution in [2.75, 3.05) is 6.54 Å². The predicted octanol–water partition coefficient (Wildman–Crippen LogP) is 3.17. The van der Waals surface area contributed by atoms with Gasteiger partial charge in [-0.2, -0.15) is 5.10 Å². The maximum Gasteiger partial charge on any atom is 0.0596 e. The highest BCUT2D eigenvalue weighted by Crippen LogP contribution is 2.34. The van der Waals surface area contributed by atoms with E-state index in [1.807, 2.05) is 23.1 Å². The zero-order valence-corrected chi connectivity index (χ0v) is 13.4. The van der Waals surface area contributed by atoms with E-state index in [0.717, 1.165) is 18.7 Å². The smallest absolute Gasteiger partial charge is 0.0596 e. The molecule has 3 nitrogen and oxygen atoms in total. The van der Waals surface area contributed by atoms with E-state index in [-0.39, 0.29) is 0 Å². The van der Waals surface area contributed by atoms with Crippen molar-refractivity contribution in [1.29, 1.82) is 0 Å². The molecule has 1 N–H and O–H groups in total. The van der Waals surface area contributed by atoms with E-state index in [1.165, 1.54) is 29.8 Å². The van der Waals surface area contributed by atoms with Gasteiger partial charge in [0.05, 0.1) is 5.69 Å². The van der Waals surface area contributed by atoms with Gasteiger partial charge in [-0.05, 0) is 50.4 Å². The molecule has 0 saturated carbocycles. The summed E-state index contributed by atoms with van der Waals surface area (Å²) in [6.07, 6.45) is 4.91. The van der Waals surface area contributed by atoms with Gasteiger partial charge >= 0.3 is 0 Å². The number of rotatable bonds is 5. The van der Waals surface area contributed by atoms with Crippen LogP contribution >= 0.6 is 11.3 Å². The molecule has 20 heavy (non-hydrogen) atoms. The highest BCUT2D eigenvalue weighted by molar-refractivity contribution is 7.12. The number of aromatic nitrogens is 2. The van der Waals surface area contributed by atoms with Crippen LogP contribution in [-0.2, 0) is 26.3 Å². The van der Waals surface area contributed by atoms with E-state index in [9.17, 15) is 0 Å². The molecule has 4 heteroatoms. The van der Waals surface area contributed by atoms with E-state index in [2.05, 4.69) is 36.4 Å². The molecule has 0 bridgehead atoms. The summed E-state index contributed by atoms with van der Waals surface area (Å²) in [6, 6.07) is 5.06. The molecule has 2 aromatic heterocycles. The zero-order chi connectivity index (χ0) is 14.1. The number of aryl methyl sites for hydroxylation is 4. The molecule has 3 rings (SSSR count). The van der Waals surface area contributed by atoms with Gasteiger partial charge in [-0.25, -0.2) is 0 Å². The monoisotopic (exact) mass is 289 g/mol. The number of hydrogen-bond acceptors (Lipinski definition) is 3. The molecule has 1 atom stereocenters. The molecule has 1 unspecified atom stereocenters. The van der Waals surface area contributed by atoms with Crippen molar-refractivity contribution in [2.45, 2.75) is 45.6 Å². The lowest BCUT2D eigenvalue weighted by Gasteiger charge is -2.16. The highest BCUT2D eigenvalue weighted by atomic mass is 32.1. The third-order valence-electron chi connectivity index (χ3n) is 4.07. The van der Waals surface area contributed by atoms with Gasteiger partial charge in [-0.15, -0.1) is 11.3 Å². The molecule has 0 aromatic carbocycles. The number of nitrogens with one attached hydrogen (secondary N) is 1. The lowest BCUT2D eigenvalue weighted by Crippen LogP contribution is -2.23. The van der Waals surface area contributed by atoms with Crippen molar-refractivity contribution in [3.63, 3.8) is 0 Å². The van der Waals surface area contributed by atoms with Gasteiger partial charge < -0.3 is 5.32 Å². The van der Waals surface area contributed by atoms with Gasteiger partial charge in [-0.1, -0.05) is 6.92 Å². The van der Waals surface area contributed by atoms with Crippen molar-refractivity contribution in [3.05, 3.63) is 38.8 Å². The number of thiophene rings is 1. The van der Waals surface area contributed by atoms with Crippen LogP contribution in [0.4, 0.5) is 0 Å². The fourth-order valence-electron chi connectivity index (χ4n) is 3.11. The van der Waals surface area contributed by atoms with Crippen molar-refractivity contribution >= 4 is 11.3 Å². The van der Waals surface area contributed by atoms with E-state index in [0.29, 0.717) is 6.04 Å². The number of hydrogen-bond donors (Lipinski definition) is 1. The molecule has 2 heterocycles. The molecular weight excluding hydrogens is 266 g/mol. The van der Waals surface area contributed by atoms with E-state index in [1.54, 1.807) is 10.4 Å². The van der Waals surface area contributed by atoms with Crippen LogP contribution in [0.25, 0.3) is 0 Å². The van der Waals surface area contributed by atoms with Crippen molar-refractivity contribution in [1.82, 2.24) is 15.1 Å².